The van der Waals surface area contributed by atoms with Crippen LogP contribution in [0.4, 0.5) is 10.1 Å². The second-order valence-corrected chi connectivity index (χ2v) is 13.2. The monoisotopic (exact) mass is 649 g/mol. The van der Waals surface area contributed by atoms with Crippen molar-refractivity contribution < 1.29 is 22.4 Å². The van der Waals surface area contributed by atoms with E-state index in [2.05, 4.69) is 5.32 Å². The average Bonchev–Trinajstić information content (AvgIpc) is 3.03. The minimum absolute atomic E-state index is 0.00637. The molecular weight excluding hydrogens is 613 g/mol. The van der Waals surface area contributed by atoms with Crippen LogP contribution in [-0.4, -0.2) is 44.3 Å². The third kappa shape index (κ3) is 8.71. The van der Waals surface area contributed by atoms with Gasteiger partial charge < -0.3 is 10.2 Å². The molecule has 2 amide bonds. The maximum absolute atomic E-state index is 14.5. The highest BCUT2D eigenvalue weighted by Crippen LogP contribution is 2.30. The Balaban J connectivity index is 1.82. The number of benzene rings is 4. The van der Waals surface area contributed by atoms with E-state index in [0.29, 0.717) is 29.1 Å². The first kappa shape index (κ1) is 33.7. The van der Waals surface area contributed by atoms with Crippen molar-refractivity contribution in [2.75, 3.05) is 17.4 Å². The van der Waals surface area contributed by atoms with Crippen molar-refractivity contribution in [2.45, 2.75) is 51.1 Å². The normalized spacial score (nSPS) is 11.9. The van der Waals surface area contributed by atoms with Crippen LogP contribution in [0.2, 0.25) is 5.02 Å². The van der Waals surface area contributed by atoms with E-state index >= 15 is 0 Å². The van der Waals surface area contributed by atoms with Crippen LogP contribution in [0, 0.1) is 19.7 Å². The zero-order valence-corrected chi connectivity index (χ0v) is 27.1. The van der Waals surface area contributed by atoms with Gasteiger partial charge in [-0.05, 0) is 73.4 Å². The van der Waals surface area contributed by atoms with Crippen LogP contribution in [-0.2, 0) is 32.6 Å². The van der Waals surface area contributed by atoms with Gasteiger partial charge in [-0.15, -0.1) is 0 Å². The highest BCUT2D eigenvalue weighted by Gasteiger charge is 2.35. The van der Waals surface area contributed by atoms with E-state index in [1.165, 1.54) is 35.2 Å². The Morgan fingerprint density at radius 2 is 1.56 bits per heavy atom. The molecule has 4 aromatic carbocycles. The molecule has 4 rings (SSSR count). The van der Waals surface area contributed by atoms with Gasteiger partial charge in [0.05, 0.1) is 10.6 Å². The van der Waals surface area contributed by atoms with Crippen molar-refractivity contribution in [1.29, 1.82) is 0 Å². The third-order valence-electron chi connectivity index (χ3n) is 7.41. The Morgan fingerprint density at radius 3 is 2.20 bits per heavy atom. The highest BCUT2D eigenvalue weighted by molar-refractivity contribution is 7.92. The van der Waals surface area contributed by atoms with Crippen molar-refractivity contribution in [1.82, 2.24) is 10.2 Å². The predicted molar refractivity (Wildman–Crippen MR) is 176 cm³/mol. The zero-order valence-electron chi connectivity index (χ0n) is 25.5. The molecule has 236 valence electrons. The zero-order chi connectivity index (χ0) is 32.6. The summed E-state index contributed by atoms with van der Waals surface area (Å²) >= 11 is 6.33. The molecule has 0 aliphatic rings. The van der Waals surface area contributed by atoms with Crippen LogP contribution in [0.25, 0.3) is 0 Å². The smallest absolute Gasteiger partial charge is 0.264 e. The van der Waals surface area contributed by atoms with Gasteiger partial charge in [-0.25, -0.2) is 12.8 Å². The molecule has 0 aliphatic heterocycles. The predicted octanol–water partition coefficient (Wildman–Crippen LogP) is 6.46. The van der Waals surface area contributed by atoms with Crippen LogP contribution in [0.15, 0.2) is 102 Å². The van der Waals surface area contributed by atoms with Crippen molar-refractivity contribution in [3.8, 4) is 0 Å². The summed E-state index contributed by atoms with van der Waals surface area (Å²) in [4.78, 5) is 29.5. The summed E-state index contributed by atoms with van der Waals surface area (Å²) in [5.41, 5.74) is 3.12. The summed E-state index contributed by atoms with van der Waals surface area (Å²) in [6.45, 7) is 5.25. The molecule has 0 saturated carbocycles. The SMILES string of the molecule is CCCNC(=O)[C@H](Cc1ccccc1)N(Cc1ccc(F)cc1)C(=O)CN(c1cc(Cl)ccc1C)S(=O)(=O)c1ccc(C)cc1. The molecule has 45 heavy (non-hydrogen) atoms. The number of nitrogens with zero attached hydrogens (tertiary/aromatic N) is 2. The van der Waals surface area contributed by atoms with E-state index in [1.54, 1.807) is 43.3 Å². The minimum atomic E-state index is -4.26. The molecule has 0 spiro atoms. The van der Waals surface area contributed by atoms with Gasteiger partial charge in [0, 0.05) is 24.5 Å². The van der Waals surface area contributed by atoms with E-state index in [0.717, 1.165) is 15.4 Å². The molecule has 1 atom stereocenters. The first-order valence-corrected chi connectivity index (χ1v) is 16.5. The lowest BCUT2D eigenvalue weighted by Crippen LogP contribution is -2.53. The van der Waals surface area contributed by atoms with Gasteiger partial charge in [0.1, 0.15) is 18.4 Å². The van der Waals surface area contributed by atoms with E-state index in [4.69, 9.17) is 11.6 Å². The number of hydrogen-bond donors (Lipinski definition) is 1. The maximum atomic E-state index is 14.5. The molecule has 0 radical (unpaired) electrons. The molecule has 0 saturated heterocycles. The number of nitrogens with one attached hydrogen (secondary N) is 1. The second-order valence-electron chi connectivity index (χ2n) is 10.9. The molecule has 0 unspecified atom stereocenters. The Bertz CT molecular complexity index is 1720. The quantitative estimate of drug-likeness (QED) is 0.180. The van der Waals surface area contributed by atoms with Gasteiger partial charge in [0.25, 0.3) is 10.0 Å². The molecule has 1 N–H and O–H groups in total. The molecule has 10 heteroatoms. The largest absolute Gasteiger partial charge is 0.354 e. The number of rotatable bonds is 13. The standard InChI is InChI=1S/C35H37ClFN3O4S/c1-4-20-38-35(42)33(21-27-8-6-5-7-9-27)39(23-28-13-16-30(37)17-14-28)34(41)24-40(32-22-29(36)15-12-26(32)3)45(43,44)31-18-10-25(2)11-19-31/h5-19,22,33H,4,20-21,23-24H2,1-3H3,(H,38,42)/t33-/m0/s1. The molecule has 0 aliphatic carbocycles. The first-order valence-electron chi connectivity index (χ1n) is 14.7. The summed E-state index contributed by atoms with van der Waals surface area (Å²) in [6, 6.07) is 25.2. The van der Waals surface area contributed by atoms with Gasteiger partial charge in [0.2, 0.25) is 11.8 Å². The lowest BCUT2D eigenvalue weighted by atomic mass is 10.0. The fourth-order valence-corrected chi connectivity index (χ4v) is 6.55. The minimum Gasteiger partial charge on any atom is -0.354 e. The van der Waals surface area contributed by atoms with Crippen molar-refractivity contribution in [3.63, 3.8) is 0 Å². The number of halogens is 2. The number of sulfonamides is 1. The van der Waals surface area contributed by atoms with Crippen molar-refractivity contribution in [3.05, 3.63) is 130 Å². The van der Waals surface area contributed by atoms with E-state index in [-0.39, 0.29) is 29.5 Å². The van der Waals surface area contributed by atoms with Gasteiger partial charge in [-0.2, -0.15) is 0 Å². The summed E-state index contributed by atoms with van der Waals surface area (Å²) in [5.74, 6) is -1.42. The number of carbonyl (C=O) groups is 2. The molecule has 0 aromatic heterocycles. The topological polar surface area (TPSA) is 86.8 Å². The lowest BCUT2D eigenvalue weighted by molar-refractivity contribution is -0.140. The number of amides is 2. The molecular formula is C35H37ClFN3O4S. The number of carbonyl (C=O) groups excluding carboxylic acids is 2. The fraction of sp³-hybridized carbons (Fsp3) is 0.257. The van der Waals surface area contributed by atoms with Gasteiger partial charge in [-0.1, -0.05) is 84.8 Å². The van der Waals surface area contributed by atoms with Crippen LogP contribution >= 0.6 is 11.6 Å². The van der Waals surface area contributed by atoms with Crippen molar-refractivity contribution in [2.24, 2.45) is 0 Å². The fourth-order valence-electron chi connectivity index (χ4n) is 4.91. The number of hydrogen-bond acceptors (Lipinski definition) is 4. The first-order chi connectivity index (χ1) is 21.5. The Kier molecular flexibility index (Phi) is 11.4. The second kappa shape index (κ2) is 15.2. The lowest BCUT2D eigenvalue weighted by Gasteiger charge is -2.34. The Hall–Kier alpha value is -4.21. The summed E-state index contributed by atoms with van der Waals surface area (Å²) in [7, 11) is -4.26. The van der Waals surface area contributed by atoms with Gasteiger partial charge in [0.15, 0.2) is 0 Å². The summed E-state index contributed by atoms with van der Waals surface area (Å²) in [5, 5.41) is 3.21. The van der Waals surface area contributed by atoms with E-state index in [9.17, 15) is 22.4 Å². The van der Waals surface area contributed by atoms with E-state index < -0.39 is 34.3 Å². The van der Waals surface area contributed by atoms with Crippen LogP contribution in [0.1, 0.15) is 35.6 Å². The molecule has 0 fully saturated rings. The number of anilines is 1. The van der Waals surface area contributed by atoms with Gasteiger partial charge in [-0.3, -0.25) is 13.9 Å². The van der Waals surface area contributed by atoms with Crippen LogP contribution in [0.3, 0.4) is 0 Å². The van der Waals surface area contributed by atoms with E-state index in [1.807, 2.05) is 44.2 Å². The summed E-state index contributed by atoms with van der Waals surface area (Å²) in [6.07, 6.45) is 0.872. The van der Waals surface area contributed by atoms with Crippen LogP contribution in [0.5, 0.6) is 0 Å². The maximum Gasteiger partial charge on any atom is 0.264 e. The number of aryl methyl sites for hydroxylation is 2. The molecule has 0 heterocycles. The molecule has 4 aromatic rings. The summed E-state index contributed by atoms with van der Waals surface area (Å²) < 4.78 is 43.2. The van der Waals surface area contributed by atoms with Crippen LogP contribution < -0.4 is 9.62 Å². The Morgan fingerprint density at radius 1 is 0.889 bits per heavy atom. The highest BCUT2D eigenvalue weighted by atomic mass is 35.5. The average molecular weight is 650 g/mol. The van der Waals surface area contributed by atoms with Crippen molar-refractivity contribution >= 4 is 39.1 Å². The van der Waals surface area contributed by atoms with Gasteiger partial charge >= 0.3 is 0 Å². The molecule has 7 nitrogen and oxygen atoms in total. The Labute approximate surface area is 269 Å². The third-order valence-corrected chi connectivity index (χ3v) is 9.42. The molecule has 0 bridgehead atoms.